The lowest BCUT2D eigenvalue weighted by atomic mass is 9.46. The highest BCUT2D eigenvalue weighted by Gasteiger charge is 2.72. The SMILES string of the molecule is CCN(CC)Cc1ccc(OC)c(-c2ccc(O)c3c2C[C@@]2(C)C[C@@]4(C)[C@H](N(C)C)C(=O)C(C(N)=O)=C(O)[C@@]4(O)C(=O)C2=C3O)c1. The lowest BCUT2D eigenvalue weighted by Gasteiger charge is -2.59. The zero-order valence-corrected chi connectivity index (χ0v) is 27.4. The second-order valence-corrected chi connectivity index (χ2v) is 13.4. The number of carbonyl (C=O) groups excluding carboxylic acids is 3. The molecule has 0 saturated heterocycles. The summed E-state index contributed by atoms with van der Waals surface area (Å²) in [6, 6.07) is 7.85. The van der Waals surface area contributed by atoms with E-state index < -0.39 is 57.0 Å². The van der Waals surface area contributed by atoms with E-state index in [0.717, 1.165) is 24.2 Å². The minimum absolute atomic E-state index is 0.0244. The van der Waals surface area contributed by atoms with Crippen molar-refractivity contribution in [2.75, 3.05) is 34.3 Å². The van der Waals surface area contributed by atoms with Crippen LogP contribution >= 0.6 is 0 Å². The van der Waals surface area contributed by atoms with Gasteiger partial charge in [0.25, 0.3) is 5.91 Å². The fraction of sp³-hybridized carbons (Fsp3) is 0.457. The van der Waals surface area contributed by atoms with Gasteiger partial charge in [0.2, 0.25) is 5.78 Å². The van der Waals surface area contributed by atoms with Crippen molar-refractivity contribution in [3.05, 3.63) is 63.9 Å². The number of carbonyl (C=O) groups is 3. The lowest BCUT2D eigenvalue weighted by molar-refractivity contribution is -0.175. The highest BCUT2D eigenvalue weighted by molar-refractivity contribution is 6.25. The summed E-state index contributed by atoms with van der Waals surface area (Å²) in [6.45, 7) is 9.91. The van der Waals surface area contributed by atoms with Gasteiger partial charge in [-0.1, -0.05) is 39.8 Å². The van der Waals surface area contributed by atoms with Crippen LogP contribution in [0.3, 0.4) is 0 Å². The Morgan fingerprint density at radius 1 is 1.04 bits per heavy atom. The summed E-state index contributed by atoms with van der Waals surface area (Å²) in [7, 11) is 4.72. The summed E-state index contributed by atoms with van der Waals surface area (Å²) in [5.74, 6) is -4.52. The molecule has 246 valence electrons. The van der Waals surface area contributed by atoms with Crippen molar-refractivity contribution >= 4 is 23.2 Å². The maximum Gasteiger partial charge on any atom is 0.255 e. The number of primary amides is 1. The first kappa shape index (κ1) is 33.2. The van der Waals surface area contributed by atoms with Crippen LogP contribution in [-0.2, 0) is 27.3 Å². The summed E-state index contributed by atoms with van der Waals surface area (Å²) in [6.07, 6.45) is 0.0772. The van der Waals surface area contributed by atoms with E-state index in [2.05, 4.69) is 18.7 Å². The smallest absolute Gasteiger partial charge is 0.255 e. The normalized spacial score (nSPS) is 27.6. The molecular weight excluding hydrogens is 590 g/mol. The van der Waals surface area contributed by atoms with Crippen LogP contribution in [0.2, 0.25) is 0 Å². The van der Waals surface area contributed by atoms with Gasteiger partial charge in [-0.05, 0) is 74.9 Å². The number of ether oxygens (including phenoxy) is 1. The fourth-order valence-electron chi connectivity index (χ4n) is 8.34. The highest BCUT2D eigenvalue weighted by atomic mass is 16.5. The molecule has 0 radical (unpaired) electrons. The number of nitrogens with two attached hydrogens (primary N) is 1. The first-order valence-electron chi connectivity index (χ1n) is 15.4. The van der Waals surface area contributed by atoms with Crippen molar-refractivity contribution in [1.82, 2.24) is 9.80 Å². The standard InChI is InChI=1S/C35H43N3O8/c1-8-38(9-2)16-18-10-13-23(46-7)20(14-18)19-11-12-22(39)24-21(19)15-33(3)17-34(4)29(37(5)6)28(41)25(32(36)44)30(42)35(34,45)31(43)26(33)27(24)40/h10-14,29,39-40,42,45H,8-9,15-17H2,1-7H3,(H2,36,44)/t29-,33+,34+,35-/m1/s1. The largest absolute Gasteiger partial charge is 0.508 e. The Bertz CT molecular complexity index is 1720. The third kappa shape index (κ3) is 4.47. The quantitative estimate of drug-likeness (QED) is 0.272. The molecule has 1 fully saturated rings. The van der Waals surface area contributed by atoms with Gasteiger partial charge in [-0.3, -0.25) is 24.2 Å². The van der Waals surface area contributed by atoms with Crippen molar-refractivity contribution < 1.29 is 39.5 Å². The van der Waals surface area contributed by atoms with E-state index in [0.29, 0.717) is 23.4 Å². The molecule has 4 atom stereocenters. The number of nitrogens with zero attached hydrogens (tertiary/aromatic N) is 2. The van der Waals surface area contributed by atoms with E-state index in [9.17, 15) is 34.8 Å². The number of hydrogen-bond donors (Lipinski definition) is 5. The van der Waals surface area contributed by atoms with Gasteiger partial charge in [-0.2, -0.15) is 0 Å². The average Bonchev–Trinajstić information content (AvgIpc) is 2.97. The summed E-state index contributed by atoms with van der Waals surface area (Å²) in [5, 5.41) is 46.5. The van der Waals surface area contributed by atoms with Crippen LogP contribution < -0.4 is 10.5 Å². The number of fused-ring (bicyclic) bond motifs is 3. The summed E-state index contributed by atoms with van der Waals surface area (Å²) >= 11 is 0. The number of likely N-dealkylation sites (N-methyl/N-ethyl adjacent to an activating group) is 1. The number of benzene rings is 2. The predicted octanol–water partition coefficient (Wildman–Crippen LogP) is 3.26. The van der Waals surface area contributed by atoms with Crippen molar-refractivity contribution in [3.8, 4) is 22.6 Å². The predicted molar refractivity (Wildman–Crippen MR) is 172 cm³/mol. The maximum absolute atomic E-state index is 14.5. The Morgan fingerprint density at radius 2 is 1.70 bits per heavy atom. The van der Waals surface area contributed by atoms with Gasteiger partial charge in [-0.25, -0.2) is 0 Å². The first-order valence-corrected chi connectivity index (χ1v) is 15.4. The van der Waals surface area contributed by atoms with Gasteiger partial charge >= 0.3 is 0 Å². The Balaban J connectivity index is 1.78. The second-order valence-electron chi connectivity index (χ2n) is 13.4. The number of amides is 1. The number of rotatable bonds is 8. The number of aromatic hydroxyl groups is 1. The topological polar surface area (TPSA) is 174 Å². The molecule has 3 aliphatic carbocycles. The van der Waals surface area contributed by atoms with Gasteiger partial charge in [0, 0.05) is 28.5 Å². The molecular formula is C35H43N3O8. The Labute approximate surface area is 268 Å². The minimum Gasteiger partial charge on any atom is -0.508 e. The molecule has 2 aromatic rings. The van der Waals surface area contributed by atoms with E-state index in [1.165, 1.54) is 17.9 Å². The van der Waals surface area contributed by atoms with Crippen LogP contribution in [0, 0.1) is 10.8 Å². The molecule has 11 heteroatoms. The molecule has 11 nitrogen and oxygen atoms in total. The van der Waals surface area contributed by atoms with E-state index in [-0.39, 0.29) is 29.7 Å². The molecule has 0 heterocycles. The number of aliphatic hydroxyl groups is 3. The van der Waals surface area contributed by atoms with Gasteiger partial charge in [0.05, 0.1) is 18.7 Å². The molecule has 2 aromatic carbocycles. The zero-order chi connectivity index (χ0) is 34.1. The van der Waals surface area contributed by atoms with Gasteiger partial charge in [0.15, 0.2) is 11.4 Å². The van der Waals surface area contributed by atoms with Crippen LogP contribution in [0.1, 0.15) is 50.8 Å². The zero-order valence-electron chi connectivity index (χ0n) is 27.4. The molecule has 0 bridgehead atoms. The Hall–Kier alpha value is -4.19. The summed E-state index contributed by atoms with van der Waals surface area (Å²) in [5.41, 5.74) is 1.85. The van der Waals surface area contributed by atoms with Crippen LogP contribution in [-0.4, -0.2) is 93.6 Å². The monoisotopic (exact) mass is 633 g/mol. The Morgan fingerprint density at radius 3 is 2.26 bits per heavy atom. The number of phenols is 1. The number of Topliss-reactive ketones (excluding diaryl/α,β-unsaturated/α-hetero) is 2. The number of hydrogen-bond acceptors (Lipinski definition) is 10. The van der Waals surface area contributed by atoms with Gasteiger partial charge in [0.1, 0.15) is 28.6 Å². The second kappa shape index (κ2) is 11.3. The fourth-order valence-corrected chi connectivity index (χ4v) is 8.34. The highest BCUT2D eigenvalue weighted by Crippen LogP contribution is 2.63. The number of ketones is 2. The van der Waals surface area contributed by atoms with Gasteiger partial charge < -0.3 is 30.9 Å². The molecule has 1 saturated carbocycles. The summed E-state index contributed by atoms with van der Waals surface area (Å²) in [4.78, 5) is 44.3. The number of phenolic OH excluding ortho intramolecular Hbond substituents is 1. The number of methoxy groups -OCH3 is 1. The van der Waals surface area contributed by atoms with Gasteiger partial charge in [-0.15, -0.1) is 0 Å². The molecule has 0 aliphatic heterocycles. The Kier molecular flexibility index (Phi) is 8.12. The van der Waals surface area contributed by atoms with Crippen molar-refractivity contribution in [2.24, 2.45) is 16.6 Å². The molecule has 1 amide bonds. The molecule has 6 N–H and O–H groups in total. The van der Waals surface area contributed by atoms with E-state index in [1.807, 2.05) is 18.2 Å². The molecule has 3 aliphatic rings. The average molecular weight is 634 g/mol. The molecule has 0 aromatic heterocycles. The lowest BCUT2D eigenvalue weighted by Crippen LogP contribution is -2.72. The van der Waals surface area contributed by atoms with Crippen molar-refractivity contribution in [3.63, 3.8) is 0 Å². The van der Waals surface area contributed by atoms with Crippen LogP contribution in [0.15, 0.2) is 47.2 Å². The van der Waals surface area contributed by atoms with Crippen LogP contribution in [0.5, 0.6) is 11.5 Å². The summed E-state index contributed by atoms with van der Waals surface area (Å²) < 4.78 is 5.75. The minimum atomic E-state index is -2.77. The van der Waals surface area contributed by atoms with Crippen LogP contribution in [0.25, 0.3) is 16.9 Å². The van der Waals surface area contributed by atoms with Crippen molar-refractivity contribution in [2.45, 2.75) is 58.7 Å². The third-order valence-corrected chi connectivity index (χ3v) is 10.4. The van der Waals surface area contributed by atoms with Crippen molar-refractivity contribution in [1.29, 1.82) is 0 Å². The molecule has 5 rings (SSSR count). The molecule has 0 unspecified atom stereocenters. The van der Waals surface area contributed by atoms with E-state index in [1.54, 1.807) is 34.2 Å². The maximum atomic E-state index is 14.5. The molecule has 0 spiro atoms. The van der Waals surface area contributed by atoms with E-state index in [4.69, 9.17) is 10.5 Å². The van der Waals surface area contributed by atoms with E-state index >= 15 is 0 Å². The third-order valence-electron chi connectivity index (χ3n) is 10.4. The molecule has 46 heavy (non-hydrogen) atoms. The van der Waals surface area contributed by atoms with Crippen LogP contribution in [0.4, 0.5) is 0 Å². The number of aliphatic hydroxyl groups excluding tert-OH is 2. The first-order chi connectivity index (χ1) is 21.5.